The van der Waals surface area contributed by atoms with E-state index < -0.39 is 13.1 Å². The number of amides is 1. The Balaban J connectivity index is 1.51. The summed E-state index contributed by atoms with van der Waals surface area (Å²) in [5, 5.41) is 31.4. The van der Waals surface area contributed by atoms with Gasteiger partial charge in [-0.25, -0.2) is 0 Å². The number of allylic oxidation sites excluding steroid dienone is 1. The van der Waals surface area contributed by atoms with Crippen molar-refractivity contribution in [2.45, 2.75) is 25.2 Å². The fourth-order valence-electron chi connectivity index (χ4n) is 3.35. The minimum absolute atomic E-state index is 0.0615. The van der Waals surface area contributed by atoms with Crippen molar-refractivity contribution in [3.05, 3.63) is 95.8 Å². The molecule has 3 N–H and O–H groups in total. The molecule has 0 aliphatic heterocycles. The molecule has 1 amide bonds. The number of hydrogen-bond acceptors (Lipinski definition) is 6. The summed E-state index contributed by atoms with van der Waals surface area (Å²) in [6, 6.07) is 24.4. The number of aryl methyl sites for hydroxylation is 1. The Bertz CT molecular complexity index is 1130. The summed E-state index contributed by atoms with van der Waals surface area (Å²) in [4.78, 5) is 16.5. The Hall–Kier alpha value is -3.93. The summed E-state index contributed by atoms with van der Waals surface area (Å²) in [6.45, 7) is 0.122. The van der Waals surface area contributed by atoms with Gasteiger partial charge in [-0.15, -0.1) is 0 Å². The van der Waals surface area contributed by atoms with E-state index in [1.165, 1.54) is 0 Å². The van der Waals surface area contributed by atoms with Crippen molar-refractivity contribution in [1.29, 1.82) is 5.26 Å². The van der Waals surface area contributed by atoms with E-state index in [1.807, 2.05) is 42.5 Å². The van der Waals surface area contributed by atoms with Gasteiger partial charge in [0.1, 0.15) is 11.8 Å². The highest BCUT2D eigenvalue weighted by Crippen LogP contribution is 2.19. The summed E-state index contributed by atoms with van der Waals surface area (Å²) in [6.07, 6.45) is 4.44. The number of pyridine rings is 1. The molecule has 172 valence electrons. The zero-order valence-corrected chi connectivity index (χ0v) is 18.7. The molecule has 0 fully saturated rings. The van der Waals surface area contributed by atoms with Crippen LogP contribution in [0.15, 0.2) is 79.0 Å². The lowest BCUT2D eigenvalue weighted by Gasteiger charge is -2.18. The Labute approximate surface area is 199 Å². The first kappa shape index (κ1) is 24.7. The lowest BCUT2D eigenvalue weighted by Crippen LogP contribution is -2.47. The third kappa shape index (κ3) is 7.89. The molecule has 1 aromatic heterocycles. The van der Waals surface area contributed by atoms with E-state index in [0.29, 0.717) is 29.9 Å². The fourth-order valence-corrected chi connectivity index (χ4v) is 3.35. The first-order valence-corrected chi connectivity index (χ1v) is 11.0. The second-order valence-electron chi connectivity index (χ2n) is 7.67. The maximum absolute atomic E-state index is 12.3. The van der Waals surface area contributed by atoms with Crippen LogP contribution in [0.2, 0.25) is 0 Å². The number of ether oxygens (including phenoxy) is 1. The SMILES string of the molecule is N#CC(=Cc1cccc(OCCC(=O)NC(CCc2ccccc2)B(O)O)c1)c1ccccn1. The highest BCUT2D eigenvalue weighted by molar-refractivity contribution is 6.43. The summed E-state index contributed by atoms with van der Waals surface area (Å²) in [5.41, 5.74) is 2.85. The van der Waals surface area contributed by atoms with Crippen LogP contribution in [0.1, 0.15) is 29.7 Å². The van der Waals surface area contributed by atoms with Crippen molar-refractivity contribution in [2.75, 3.05) is 6.61 Å². The molecule has 8 heteroatoms. The van der Waals surface area contributed by atoms with E-state index >= 15 is 0 Å². The molecule has 3 rings (SSSR count). The van der Waals surface area contributed by atoms with Gasteiger partial charge in [-0.1, -0.05) is 48.5 Å². The molecule has 1 atom stereocenters. The largest absolute Gasteiger partial charge is 0.493 e. The first-order valence-electron chi connectivity index (χ1n) is 11.0. The highest BCUT2D eigenvalue weighted by atomic mass is 16.5. The summed E-state index contributed by atoms with van der Waals surface area (Å²) in [7, 11) is -1.65. The molecule has 1 unspecified atom stereocenters. The van der Waals surface area contributed by atoms with Crippen LogP contribution in [0.3, 0.4) is 0 Å². The molecule has 2 aromatic carbocycles. The summed E-state index contributed by atoms with van der Waals surface area (Å²) in [5.74, 6) is -0.538. The quantitative estimate of drug-likeness (QED) is 0.303. The van der Waals surface area contributed by atoms with Gasteiger partial charge in [0, 0.05) is 6.20 Å². The molecular formula is C26H26BN3O4. The van der Waals surface area contributed by atoms with Gasteiger partial charge in [0.2, 0.25) is 5.91 Å². The van der Waals surface area contributed by atoms with E-state index in [-0.39, 0.29) is 18.9 Å². The molecule has 0 aliphatic carbocycles. The van der Waals surface area contributed by atoms with Gasteiger partial charge < -0.3 is 20.1 Å². The molecular weight excluding hydrogens is 429 g/mol. The second kappa shape index (κ2) is 12.9. The van der Waals surface area contributed by atoms with Crippen molar-refractivity contribution in [2.24, 2.45) is 0 Å². The third-order valence-electron chi connectivity index (χ3n) is 5.12. The fraction of sp³-hybridized carbons (Fsp3) is 0.192. The number of benzene rings is 2. The maximum Gasteiger partial charge on any atom is 0.475 e. The van der Waals surface area contributed by atoms with Crippen molar-refractivity contribution in [3.63, 3.8) is 0 Å². The monoisotopic (exact) mass is 455 g/mol. The minimum atomic E-state index is -1.65. The molecule has 3 aromatic rings. The average Bonchev–Trinajstić information content (AvgIpc) is 2.86. The smallest absolute Gasteiger partial charge is 0.475 e. The molecule has 1 heterocycles. The number of nitriles is 1. The molecule has 0 radical (unpaired) electrons. The Kier molecular flexibility index (Phi) is 9.41. The number of rotatable bonds is 11. The second-order valence-corrected chi connectivity index (χ2v) is 7.67. The topological polar surface area (TPSA) is 115 Å². The van der Waals surface area contributed by atoms with Gasteiger partial charge in [-0.05, 0) is 54.3 Å². The normalized spacial score (nSPS) is 11.9. The van der Waals surface area contributed by atoms with Crippen LogP contribution in [0, 0.1) is 11.3 Å². The van der Waals surface area contributed by atoms with Crippen LogP contribution in [0.25, 0.3) is 11.6 Å². The van der Waals surface area contributed by atoms with Gasteiger partial charge in [0.25, 0.3) is 0 Å². The van der Waals surface area contributed by atoms with Crippen LogP contribution in [0.4, 0.5) is 0 Å². The summed E-state index contributed by atoms with van der Waals surface area (Å²) >= 11 is 0. The van der Waals surface area contributed by atoms with Gasteiger partial charge in [-0.2, -0.15) is 5.26 Å². The van der Waals surface area contributed by atoms with E-state index in [1.54, 1.807) is 42.6 Å². The van der Waals surface area contributed by atoms with Gasteiger partial charge in [0.15, 0.2) is 0 Å². The van der Waals surface area contributed by atoms with Gasteiger partial charge in [0.05, 0.1) is 30.2 Å². The minimum Gasteiger partial charge on any atom is -0.493 e. The van der Waals surface area contributed by atoms with E-state index in [2.05, 4.69) is 16.4 Å². The molecule has 34 heavy (non-hydrogen) atoms. The van der Waals surface area contributed by atoms with Crippen molar-refractivity contribution in [1.82, 2.24) is 10.3 Å². The molecule has 0 aliphatic rings. The number of hydrogen-bond donors (Lipinski definition) is 3. The van der Waals surface area contributed by atoms with Crippen LogP contribution in [0.5, 0.6) is 5.75 Å². The number of carbonyl (C=O) groups excluding carboxylic acids is 1. The van der Waals surface area contributed by atoms with Crippen molar-refractivity contribution >= 4 is 24.7 Å². The lowest BCUT2D eigenvalue weighted by atomic mass is 9.76. The molecule has 0 spiro atoms. The molecule has 0 saturated carbocycles. The van der Waals surface area contributed by atoms with Crippen LogP contribution < -0.4 is 10.1 Å². The number of nitrogens with one attached hydrogen (secondary N) is 1. The van der Waals surface area contributed by atoms with Crippen LogP contribution in [-0.2, 0) is 11.2 Å². The first-order chi connectivity index (χ1) is 16.5. The standard InChI is InChI=1S/C26H26BN3O4/c28-19-22(24-11-4-5-15-29-24)17-21-9-6-10-23(18-21)34-16-14-26(31)30-25(27(32)33)13-12-20-7-2-1-3-8-20/h1-11,15,17-18,25,32-33H,12-14,16H2,(H,30,31). The van der Waals surface area contributed by atoms with Crippen LogP contribution >= 0.6 is 0 Å². The zero-order chi connectivity index (χ0) is 24.2. The van der Waals surface area contributed by atoms with Crippen LogP contribution in [-0.4, -0.2) is 40.6 Å². The predicted octanol–water partition coefficient (Wildman–Crippen LogP) is 3.04. The van der Waals surface area contributed by atoms with E-state index in [0.717, 1.165) is 11.1 Å². The third-order valence-corrected chi connectivity index (χ3v) is 5.12. The number of nitrogens with zero attached hydrogens (tertiary/aromatic N) is 2. The molecule has 0 bridgehead atoms. The van der Waals surface area contributed by atoms with Crippen molar-refractivity contribution < 1.29 is 19.6 Å². The van der Waals surface area contributed by atoms with E-state index in [9.17, 15) is 20.1 Å². The summed E-state index contributed by atoms with van der Waals surface area (Å²) < 4.78 is 5.70. The molecule has 7 nitrogen and oxygen atoms in total. The van der Waals surface area contributed by atoms with Crippen molar-refractivity contribution in [3.8, 4) is 11.8 Å². The Morgan fingerprint density at radius 1 is 1.12 bits per heavy atom. The zero-order valence-electron chi connectivity index (χ0n) is 18.7. The predicted molar refractivity (Wildman–Crippen MR) is 131 cm³/mol. The molecule has 0 saturated heterocycles. The lowest BCUT2D eigenvalue weighted by molar-refractivity contribution is -0.122. The number of aromatic nitrogens is 1. The average molecular weight is 455 g/mol. The maximum atomic E-state index is 12.3. The van der Waals surface area contributed by atoms with Gasteiger partial charge in [-0.3, -0.25) is 9.78 Å². The Morgan fingerprint density at radius 2 is 1.91 bits per heavy atom. The highest BCUT2D eigenvalue weighted by Gasteiger charge is 2.24. The Morgan fingerprint density at radius 3 is 2.62 bits per heavy atom. The van der Waals surface area contributed by atoms with E-state index in [4.69, 9.17) is 4.74 Å². The number of carbonyl (C=O) groups is 1. The van der Waals surface area contributed by atoms with Gasteiger partial charge >= 0.3 is 7.12 Å².